The van der Waals surface area contributed by atoms with Crippen LogP contribution in [0.3, 0.4) is 0 Å². The van der Waals surface area contributed by atoms with Gasteiger partial charge < -0.3 is 0 Å². The molecular weight excluding hydrogens is 241 g/mol. The minimum Gasteiger partial charge on any atom is -0.264 e. The number of aromatic nitrogens is 3. The summed E-state index contributed by atoms with van der Waals surface area (Å²) < 4.78 is 0. The smallest absolute Gasteiger partial charge is 0.143 e. The number of H-pyrrole nitrogens is 1. The van der Waals surface area contributed by atoms with Crippen molar-refractivity contribution in [2.75, 3.05) is 0 Å². The molecule has 0 spiro atoms. The van der Waals surface area contributed by atoms with E-state index in [1.807, 2.05) is 6.07 Å². The molecule has 0 amide bonds. The van der Waals surface area contributed by atoms with Crippen molar-refractivity contribution in [3.63, 3.8) is 0 Å². The van der Waals surface area contributed by atoms with Gasteiger partial charge in [-0.2, -0.15) is 0 Å². The Bertz CT molecular complexity index is 430. The normalized spacial score (nSPS) is 10.4. The fraction of sp³-hybridized carbons (Fsp3) is 0. The van der Waals surface area contributed by atoms with Crippen LogP contribution in [0.5, 0.6) is 0 Å². The predicted octanol–water partition coefficient (Wildman–Crippen LogP) is 3.26. The second-order valence-electron chi connectivity index (χ2n) is 2.49. The van der Waals surface area contributed by atoms with E-state index in [9.17, 15) is 0 Å². The van der Waals surface area contributed by atoms with E-state index in [1.165, 1.54) is 11.8 Å². The van der Waals surface area contributed by atoms with Gasteiger partial charge in [-0.25, -0.2) is 0 Å². The lowest BCUT2D eigenvalue weighted by Gasteiger charge is -1.99. The molecule has 14 heavy (non-hydrogen) atoms. The first-order valence-electron chi connectivity index (χ1n) is 3.75. The van der Waals surface area contributed by atoms with E-state index in [0.717, 1.165) is 9.92 Å². The van der Waals surface area contributed by atoms with Gasteiger partial charge in [0, 0.05) is 4.90 Å². The summed E-state index contributed by atoms with van der Waals surface area (Å²) in [6, 6.07) is 5.43. The standard InChI is InChI=1S/C8H5Cl2N3S/c9-6-2-1-5(3-7(6)10)14-8-4-11-13-12-8/h1-4H,(H,11,12,13). The molecule has 1 N–H and O–H groups in total. The molecule has 72 valence electrons. The Morgan fingerprint density at radius 1 is 1.21 bits per heavy atom. The molecule has 3 nitrogen and oxygen atoms in total. The van der Waals surface area contributed by atoms with Crippen molar-refractivity contribution in [1.29, 1.82) is 0 Å². The summed E-state index contributed by atoms with van der Waals surface area (Å²) in [5, 5.41) is 12.0. The number of nitrogens with one attached hydrogen (secondary N) is 1. The molecule has 1 aromatic heterocycles. The monoisotopic (exact) mass is 245 g/mol. The van der Waals surface area contributed by atoms with Crippen LogP contribution in [0.2, 0.25) is 10.0 Å². The van der Waals surface area contributed by atoms with E-state index < -0.39 is 0 Å². The molecule has 0 aliphatic heterocycles. The third-order valence-corrected chi connectivity index (χ3v) is 3.15. The quantitative estimate of drug-likeness (QED) is 0.884. The van der Waals surface area contributed by atoms with E-state index in [0.29, 0.717) is 10.0 Å². The van der Waals surface area contributed by atoms with Gasteiger partial charge in [-0.1, -0.05) is 40.2 Å². The molecule has 1 aromatic carbocycles. The summed E-state index contributed by atoms with van der Waals surface area (Å²) in [6.45, 7) is 0. The molecular formula is C8H5Cl2N3S. The van der Waals surface area contributed by atoms with Gasteiger partial charge in [-0.3, -0.25) is 5.10 Å². The zero-order valence-corrected chi connectivity index (χ0v) is 9.20. The second-order valence-corrected chi connectivity index (χ2v) is 4.40. The highest BCUT2D eigenvalue weighted by atomic mass is 35.5. The molecule has 0 bridgehead atoms. The van der Waals surface area contributed by atoms with Gasteiger partial charge in [0.25, 0.3) is 0 Å². The molecule has 0 aliphatic rings. The molecule has 0 aliphatic carbocycles. The van der Waals surface area contributed by atoms with Gasteiger partial charge in [-0.05, 0) is 18.2 Å². The Morgan fingerprint density at radius 2 is 2.07 bits per heavy atom. The summed E-state index contributed by atoms with van der Waals surface area (Å²) in [6.07, 6.45) is 1.72. The minimum absolute atomic E-state index is 0.542. The maximum absolute atomic E-state index is 5.86. The first kappa shape index (κ1) is 9.83. The maximum atomic E-state index is 5.86. The molecule has 2 aromatic rings. The van der Waals surface area contributed by atoms with Gasteiger partial charge in [-0.15, -0.1) is 5.10 Å². The molecule has 0 saturated carbocycles. The Hall–Kier alpha value is -0.710. The zero-order chi connectivity index (χ0) is 9.97. The van der Waals surface area contributed by atoms with Crippen LogP contribution in [-0.2, 0) is 0 Å². The third-order valence-electron chi connectivity index (χ3n) is 1.51. The summed E-state index contributed by atoms with van der Waals surface area (Å²) >= 11 is 13.1. The van der Waals surface area contributed by atoms with Crippen LogP contribution in [0.15, 0.2) is 34.3 Å². The van der Waals surface area contributed by atoms with E-state index in [2.05, 4.69) is 15.4 Å². The van der Waals surface area contributed by atoms with Crippen molar-refractivity contribution >= 4 is 35.0 Å². The predicted molar refractivity (Wildman–Crippen MR) is 57.0 cm³/mol. The van der Waals surface area contributed by atoms with Crippen LogP contribution in [0, 0.1) is 0 Å². The lowest BCUT2D eigenvalue weighted by atomic mass is 10.4. The van der Waals surface area contributed by atoms with Crippen LogP contribution in [-0.4, -0.2) is 15.4 Å². The van der Waals surface area contributed by atoms with E-state index in [-0.39, 0.29) is 0 Å². The first-order chi connectivity index (χ1) is 6.75. The summed E-state index contributed by atoms with van der Waals surface area (Å²) in [7, 11) is 0. The van der Waals surface area contributed by atoms with Crippen molar-refractivity contribution in [2.45, 2.75) is 9.92 Å². The highest BCUT2D eigenvalue weighted by Gasteiger charge is 2.02. The topological polar surface area (TPSA) is 41.6 Å². The zero-order valence-electron chi connectivity index (χ0n) is 6.87. The number of aromatic amines is 1. The Kier molecular flexibility index (Phi) is 2.96. The van der Waals surface area contributed by atoms with Crippen LogP contribution in [0.4, 0.5) is 0 Å². The summed E-state index contributed by atoms with van der Waals surface area (Å²) in [5.41, 5.74) is 0. The Balaban J connectivity index is 2.22. The third kappa shape index (κ3) is 2.20. The van der Waals surface area contributed by atoms with Gasteiger partial charge in [0.05, 0.1) is 16.2 Å². The number of nitrogens with zero attached hydrogens (tertiary/aromatic N) is 2. The lowest BCUT2D eigenvalue weighted by Crippen LogP contribution is -1.75. The molecule has 0 saturated heterocycles. The average molecular weight is 246 g/mol. The van der Waals surface area contributed by atoms with Crippen molar-refractivity contribution in [3.8, 4) is 0 Å². The first-order valence-corrected chi connectivity index (χ1v) is 5.32. The van der Waals surface area contributed by atoms with Gasteiger partial charge in [0.15, 0.2) is 0 Å². The maximum Gasteiger partial charge on any atom is 0.143 e. The summed E-state index contributed by atoms with van der Waals surface area (Å²) in [5.74, 6) is 0. The Labute approximate surface area is 94.8 Å². The van der Waals surface area contributed by atoms with Crippen molar-refractivity contribution in [1.82, 2.24) is 15.4 Å². The highest BCUT2D eigenvalue weighted by molar-refractivity contribution is 7.99. The van der Waals surface area contributed by atoms with Crippen LogP contribution >= 0.6 is 35.0 Å². The fourth-order valence-electron chi connectivity index (χ4n) is 0.902. The number of hydrogen-bond donors (Lipinski definition) is 1. The van der Waals surface area contributed by atoms with Crippen molar-refractivity contribution in [2.24, 2.45) is 0 Å². The molecule has 0 radical (unpaired) electrons. The van der Waals surface area contributed by atoms with Crippen molar-refractivity contribution < 1.29 is 0 Å². The molecule has 2 rings (SSSR count). The van der Waals surface area contributed by atoms with Crippen LogP contribution in [0.1, 0.15) is 0 Å². The Morgan fingerprint density at radius 3 is 2.71 bits per heavy atom. The van der Waals surface area contributed by atoms with E-state index >= 15 is 0 Å². The number of halogens is 2. The molecule has 6 heteroatoms. The molecule has 1 heterocycles. The second kappa shape index (κ2) is 4.21. The number of rotatable bonds is 2. The van der Waals surface area contributed by atoms with Crippen molar-refractivity contribution in [3.05, 3.63) is 34.4 Å². The van der Waals surface area contributed by atoms with E-state index in [1.54, 1.807) is 18.3 Å². The molecule has 0 unspecified atom stereocenters. The van der Waals surface area contributed by atoms with Gasteiger partial charge >= 0.3 is 0 Å². The van der Waals surface area contributed by atoms with Gasteiger partial charge in [0.1, 0.15) is 5.03 Å². The molecule has 0 atom stereocenters. The van der Waals surface area contributed by atoms with Crippen LogP contribution < -0.4 is 0 Å². The average Bonchev–Trinajstić information content (AvgIpc) is 2.64. The lowest BCUT2D eigenvalue weighted by molar-refractivity contribution is 0.911. The fourth-order valence-corrected chi connectivity index (χ4v) is 2.01. The highest BCUT2D eigenvalue weighted by Crippen LogP contribution is 2.30. The van der Waals surface area contributed by atoms with Crippen LogP contribution in [0.25, 0.3) is 0 Å². The van der Waals surface area contributed by atoms with E-state index in [4.69, 9.17) is 23.2 Å². The largest absolute Gasteiger partial charge is 0.264 e. The minimum atomic E-state index is 0.542. The summed E-state index contributed by atoms with van der Waals surface area (Å²) in [4.78, 5) is 0.980. The number of benzene rings is 1. The SMILES string of the molecule is Clc1ccc(Sc2c[nH]nn2)cc1Cl. The number of hydrogen-bond acceptors (Lipinski definition) is 3. The molecule has 0 fully saturated rings. The van der Waals surface area contributed by atoms with Gasteiger partial charge in [0.2, 0.25) is 0 Å².